The van der Waals surface area contributed by atoms with Gasteiger partial charge in [0, 0.05) is 15.2 Å². The minimum Gasteiger partial charge on any atom is -0.452 e. The van der Waals surface area contributed by atoms with Crippen molar-refractivity contribution < 1.29 is 14.3 Å². The fourth-order valence-electron chi connectivity index (χ4n) is 1.82. The number of halogens is 2. The van der Waals surface area contributed by atoms with Crippen molar-refractivity contribution in [2.75, 3.05) is 17.7 Å². The minimum absolute atomic E-state index is 0.127. The zero-order valence-electron chi connectivity index (χ0n) is 12.2. The number of carbonyl (C=O) groups excluding carboxylic acids is 2. The standard InChI is InChI=1S/C16H14BrClN2O3/c1-9-2-5-14(12(17)6-9)20-15(21)8-23-16(22)11-7-10(18)3-4-13(11)19/h2-7H,8,19H2,1H3,(H,20,21). The van der Waals surface area contributed by atoms with E-state index < -0.39 is 18.5 Å². The second-order valence-corrected chi connectivity index (χ2v) is 6.13. The molecule has 1 amide bonds. The minimum atomic E-state index is -0.705. The number of hydrogen-bond donors (Lipinski definition) is 2. The molecule has 23 heavy (non-hydrogen) atoms. The molecule has 0 heterocycles. The maximum Gasteiger partial charge on any atom is 0.340 e. The van der Waals surface area contributed by atoms with E-state index in [0.717, 1.165) is 10.0 Å². The number of aryl methyl sites for hydroxylation is 1. The Morgan fingerprint density at radius 1 is 1.26 bits per heavy atom. The predicted molar refractivity (Wildman–Crippen MR) is 93.7 cm³/mol. The van der Waals surface area contributed by atoms with Gasteiger partial charge in [-0.1, -0.05) is 17.7 Å². The SMILES string of the molecule is Cc1ccc(NC(=O)COC(=O)c2cc(Cl)ccc2N)c(Br)c1. The lowest BCUT2D eigenvalue weighted by atomic mass is 10.2. The van der Waals surface area contributed by atoms with Crippen LogP contribution in [0.4, 0.5) is 11.4 Å². The van der Waals surface area contributed by atoms with Crippen molar-refractivity contribution in [2.24, 2.45) is 0 Å². The Kier molecular flexibility index (Phi) is 5.63. The van der Waals surface area contributed by atoms with Gasteiger partial charge in [-0.2, -0.15) is 0 Å². The highest BCUT2D eigenvalue weighted by molar-refractivity contribution is 9.10. The molecule has 2 rings (SSSR count). The van der Waals surface area contributed by atoms with Crippen LogP contribution >= 0.6 is 27.5 Å². The maximum atomic E-state index is 11.9. The first-order chi connectivity index (χ1) is 10.9. The molecule has 3 N–H and O–H groups in total. The molecule has 0 radical (unpaired) electrons. The number of carbonyl (C=O) groups is 2. The van der Waals surface area contributed by atoms with Crippen LogP contribution in [0.15, 0.2) is 40.9 Å². The number of anilines is 2. The van der Waals surface area contributed by atoms with Crippen molar-refractivity contribution in [3.8, 4) is 0 Å². The van der Waals surface area contributed by atoms with E-state index in [-0.39, 0.29) is 11.3 Å². The molecule has 5 nitrogen and oxygen atoms in total. The van der Waals surface area contributed by atoms with Crippen molar-refractivity contribution in [2.45, 2.75) is 6.92 Å². The number of ether oxygens (including phenoxy) is 1. The smallest absolute Gasteiger partial charge is 0.340 e. The van der Waals surface area contributed by atoms with Gasteiger partial charge in [0.15, 0.2) is 6.61 Å². The zero-order chi connectivity index (χ0) is 17.0. The maximum absolute atomic E-state index is 11.9. The Balaban J connectivity index is 1.96. The lowest BCUT2D eigenvalue weighted by Gasteiger charge is -2.09. The molecule has 2 aromatic carbocycles. The van der Waals surface area contributed by atoms with Gasteiger partial charge in [0.25, 0.3) is 5.91 Å². The highest BCUT2D eigenvalue weighted by Crippen LogP contribution is 2.23. The Bertz CT molecular complexity index is 765. The second-order valence-electron chi connectivity index (χ2n) is 4.84. The molecule has 0 aliphatic carbocycles. The second kappa shape index (κ2) is 7.48. The van der Waals surface area contributed by atoms with E-state index in [2.05, 4.69) is 21.2 Å². The molecule has 0 saturated carbocycles. The van der Waals surface area contributed by atoms with Crippen molar-refractivity contribution in [3.05, 3.63) is 57.0 Å². The van der Waals surface area contributed by atoms with Crippen LogP contribution in [-0.4, -0.2) is 18.5 Å². The molecule has 7 heteroatoms. The number of amides is 1. The van der Waals surface area contributed by atoms with Crippen molar-refractivity contribution >= 4 is 50.8 Å². The van der Waals surface area contributed by atoms with Crippen LogP contribution in [0, 0.1) is 6.92 Å². The molecule has 0 bridgehead atoms. The molecule has 0 fully saturated rings. The molecule has 0 aliphatic heterocycles. The molecule has 0 saturated heterocycles. The van der Waals surface area contributed by atoms with Gasteiger partial charge in [-0.15, -0.1) is 0 Å². The Hall–Kier alpha value is -2.05. The Morgan fingerprint density at radius 3 is 2.70 bits per heavy atom. The molecule has 0 unspecified atom stereocenters. The van der Waals surface area contributed by atoms with Crippen LogP contribution in [0.1, 0.15) is 15.9 Å². The summed E-state index contributed by atoms with van der Waals surface area (Å²) in [6.45, 7) is 1.51. The largest absolute Gasteiger partial charge is 0.452 e. The van der Waals surface area contributed by atoms with Gasteiger partial charge in [0.1, 0.15) is 0 Å². The lowest BCUT2D eigenvalue weighted by molar-refractivity contribution is -0.119. The van der Waals surface area contributed by atoms with Gasteiger partial charge in [0.05, 0.1) is 11.3 Å². The number of esters is 1. The summed E-state index contributed by atoms with van der Waals surface area (Å²) in [7, 11) is 0. The Labute approximate surface area is 146 Å². The predicted octanol–water partition coefficient (Wildman–Crippen LogP) is 3.79. The topological polar surface area (TPSA) is 81.4 Å². The average molecular weight is 398 g/mol. The number of benzene rings is 2. The quantitative estimate of drug-likeness (QED) is 0.607. The van der Waals surface area contributed by atoms with Crippen LogP contribution in [0.25, 0.3) is 0 Å². The Morgan fingerprint density at radius 2 is 2.00 bits per heavy atom. The van der Waals surface area contributed by atoms with Gasteiger partial charge in [-0.05, 0) is 58.7 Å². The van der Waals surface area contributed by atoms with Crippen molar-refractivity contribution in [3.63, 3.8) is 0 Å². The molecular formula is C16H14BrClN2O3. The highest BCUT2D eigenvalue weighted by Gasteiger charge is 2.14. The number of nitrogen functional groups attached to an aromatic ring is 1. The van der Waals surface area contributed by atoms with E-state index >= 15 is 0 Å². The molecule has 0 spiro atoms. The zero-order valence-corrected chi connectivity index (χ0v) is 14.6. The molecule has 0 atom stereocenters. The van der Waals surface area contributed by atoms with Crippen LogP contribution in [0.3, 0.4) is 0 Å². The van der Waals surface area contributed by atoms with Gasteiger partial charge < -0.3 is 15.8 Å². The van der Waals surface area contributed by atoms with Crippen LogP contribution in [0.2, 0.25) is 5.02 Å². The third-order valence-electron chi connectivity index (χ3n) is 2.97. The first kappa shape index (κ1) is 17.3. The van der Waals surface area contributed by atoms with Crippen molar-refractivity contribution in [1.29, 1.82) is 0 Å². The van der Waals surface area contributed by atoms with E-state index in [9.17, 15) is 9.59 Å². The number of nitrogens with one attached hydrogen (secondary N) is 1. The van der Waals surface area contributed by atoms with Gasteiger partial charge in [-0.25, -0.2) is 4.79 Å². The summed E-state index contributed by atoms with van der Waals surface area (Å²) >= 11 is 9.17. The molecule has 0 aliphatic rings. The third kappa shape index (κ3) is 4.71. The number of nitrogens with two attached hydrogens (primary N) is 1. The molecular weight excluding hydrogens is 384 g/mol. The van der Waals surface area contributed by atoms with Crippen LogP contribution in [0.5, 0.6) is 0 Å². The first-order valence-electron chi connectivity index (χ1n) is 6.65. The van der Waals surface area contributed by atoms with E-state index in [1.807, 2.05) is 19.1 Å². The summed E-state index contributed by atoms with van der Waals surface area (Å²) in [6, 6.07) is 9.95. The van der Waals surface area contributed by atoms with E-state index in [0.29, 0.717) is 10.7 Å². The number of hydrogen-bond acceptors (Lipinski definition) is 4. The van der Waals surface area contributed by atoms with E-state index in [1.54, 1.807) is 12.1 Å². The molecule has 2 aromatic rings. The molecule has 120 valence electrons. The fraction of sp³-hybridized carbons (Fsp3) is 0.125. The van der Waals surface area contributed by atoms with E-state index in [1.165, 1.54) is 12.1 Å². The highest BCUT2D eigenvalue weighted by atomic mass is 79.9. The summed E-state index contributed by atoms with van der Waals surface area (Å²) in [4.78, 5) is 23.8. The summed E-state index contributed by atoms with van der Waals surface area (Å²) < 4.78 is 5.70. The monoisotopic (exact) mass is 396 g/mol. The van der Waals surface area contributed by atoms with Gasteiger partial charge >= 0.3 is 5.97 Å². The summed E-state index contributed by atoms with van der Waals surface area (Å²) in [5.41, 5.74) is 7.70. The average Bonchev–Trinajstić information content (AvgIpc) is 2.50. The number of rotatable bonds is 4. The summed E-state index contributed by atoms with van der Waals surface area (Å²) in [5.74, 6) is -1.16. The third-order valence-corrected chi connectivity index (χ3v) is 3.86. The lowest BCUT2D eigenvalue weighted by Crippen LogP contribution is -2.21. The first-order valence-corrected chi connectivity index (χ1v) is 7.82. The van der Waals surface area contributed by atoms with Crippen LogP contribution < -0.4 is 11.1 Å². The normalized spacial score (nSPS) is 10.2. The summed E-state index contributed by atoms with van der Waals surface area (Å²) in [6.07, 6.45) is 0. The van der Waals surface area contributed by atoms with Crippen molar-refractivity contribution in [1.82, 2.24) is 0 Å². The van der Waals surface area contributed by atoms with Gasteiger partial charge in [-0.3, -0.25) is 4.79 Å². The fourth-order valence-corrected chi connectivity index (χ4v) is 2.59. The summed E-state index contributed by atoms with van der Waals surface area (Å²) in [5, 5.41) is 3.01. The van der Waals surface area contributed by atoms with E-state index in [4.69, 9.17) is 22.1 Å². The molecule has 0 aromatic heterocycles. The van der Waals surface area contributed by atoms with Gasteiger partial charge in [0.2, 0.25) is 0 Å². The van der Waals surface area contributed by atoms with Crippen LogP contribution in [-0.2, 0) is 9.53 Å².